The Bertz CT molecular complexity index is 2740. The van der Waals surface area contributed by atoms with Gasteiger partial charge in [-0.25, -0.2) is 18.6 Å². The minimum absolute atomic E-state index is 0.0578. The fourth-order valence-corrected chi connectivity index (χ4v) is 8.37. The van der Waals surface area contributed by atoms with Crippen LogP contribution >= 0.6 is 0 Å². The van der Waals surface area contributed by atoms with E-state index in [-0.39, 0.29) is 112 Å². The Hall–Kier alpha value is -7.12. The maximum absolute atomic E-state index is 14.1. The number of carbonyl (C=O) groups is 7. The van der Waals surface area contributed by atoms with E-state index in [1.54, 1.807) is 32.6 Å². The van der Waals surface area contributed by atoms with E-state index in [4.69, 9.17) is 58.8 Å². The highest BCUT2D eigenvalue weighted by atomic mass is 19.1. The highest BCUT2D eigenvalue weighted by Gasteiger charge is 2.40. The van der Waals surface area contributed by atoms with Crippen LogP contribution in [0.2, 0.25) is 0 Å². The summed E-state index contributed by atoms with van der Waals surface area (Å²) in [4.78, 5) is 94.5. The molecule has 464 valence electrons. The lowest BCUT2D eigenvalue weighted by Gasteiger charge is -2.46. The average Bonchev–Trinajstić information content (AvgIpc) is 3.78. The monoisotopic (exact) mass is 1180 g/mol. The number of nitrogens with one attached hydrogen (secondary N) is 3. The zero-order valence-corrected chi connectivity index (χ0v) is 48.6. The summed E-state index contributed by atoms with van der Waals surface area (Å²) in [6, 6.07) is 6.71. The van der Waals surface area contributed by atoms with Crippen molar-refractivity contribution in [3.05, 3.63) is 65.5 Å². The summed E-state index contributed by atoms with van der Waals surface area (Å²) in [7, 11) is 0. The molecule has 29 heteroatoms. The number of nitrogens with two attached hydrogens (primary N) is 1. The Balaban J connectivity index is 0.800. The molecule has 0 aliphatic carbocycles. The molecule has 0 radical (unpaired) electrons. The summed E-state index contributed by atoms with van der Waals surface area (Å²) in [5, 5.41) is 29.3. The number of aromatic nitrogens is 6. The Morgan fingerprint density at radius 2 is 1.24 bits per heavy atom. The first-order valence-electron chi connectivity index (χ1n) is 27.9. The van der Waals surface area contributed by atoms with Crippen LogP contribution in [0.5, 0.6) is 0 Å². The highest BCUT2D eigenvalue weighted by Crippen LogP contribution is 2.31. The van der Waals surface area contributed by atoms with Gasteiger partial charge in [0.2, 0.25) is 23.6 Å². The van der Waals surface area contributed by atoms with Crippen molar-refractivity contribution in [2.24, 2.45) is 5.73 Å². The van der Waals surface area contributed by atoms with Gasteiger partial charge in [0, 0.05) is 56.7 Å². The van der Waals surface area contributed by atoms with Gasteiger partial charge in [-0.15, -0.1) is 5.10 Å². The van der Waals surface area contributed by atoms with E-state index in [9.17, 15) is 38.0 Å². The summed E-state index contributed by atoms with van der Waals surface area (Å²) >= 11 is 0. The first kappa shape index (κ1) is 67.7. The number of carboxylic acids is 1. The van der Waals surface area contributed by atoms with Gasteiger partial charge >= 0.3 is 5.97 Å². The molecule has 4 heterocycles. The van der Waals surface area contributed by atoms with Gasteiger partial charge < -0.3 is 74.5 Å². The van der Waals surface area contributed by atoms with Crippen molar-refractivity contribution in [2.45, 2.75) is 83.8 Å². The fourth-order valence-electron chi connectivity index (χ4n) is 8.37. The van der Waals surface area contributed by atoms with Crippen molar-refractivity contribution < 1.29 is 81.0 Å². The third-order valence-corrected chi connectivity index (χ3v) is 12.7. The van der Waals surface area contributed by atoms with Gasteiger partial charge in [-0.1, -0.05) is 26.0 Å². The number of hydrogen-bond donors (Lipinski definition) is 5. The second-order valence-electron chi connectivity index (χ2n) is 21.0. The predicted molar refractivity (Wildman–Crippen MR) is 298 cm³/mol. The Morgan fingerprint density at radius 1 is 0.690 bits per heavy atom. The molecular weight excluding hydrogens is 1100 g/mol. The molecule has 4 aromatic rings. The molecule has 3 aromatic heterocycles. The molecule has 1 aliphatic heterocycles. The zero-order valence-electron chi connectivity index (χ0n) is 48.6. The molecule has 1 aromatic carbocycles. The minimum Gasteiger partial charge on any atom is -0.481 e. The number of ether oxygens (including phenoxy) is 8. The number of aliphatic carboxylic acids is 1. The second kappa shape index (κ2) is 35.2. The molecule has 1 atom stereocenters. The smallest absolute Gasteiger partial charge is 0.305 e. The molecular formula is C55H81FN12O16. The van der Waals surface area contributed by atoms with E-state index in [2.05, 4.69) is 26.3 Å². The first-order valence-corrected chi connectivity index (χ1v) is 27.9. The molecule has 0 bridgehead atoms. The molecule has 5 rings (SSSR count). The molecule has 1 aliphatic rings. The average molecular weight is 1190 g/mol. The summed E-state index contributed by atoms with van der Waals surface area (Å²) in [5.74, 6) is -4.32. The van der Waals surface area contributed by atoms with Gasteiger partial charge in [-0.2, -0.15) is 5.10 Å². The van der Waals surface area contributed by atoms with E-state index >= 15 is 0 Å². The van der Waals surface area contributed by atoms with Crippen molar-refractivity contribution in [3.8, 4) is 11.3 Å². The molecule has 1 fully saturated rings. The number of carboxylic acid groups (broad SMARTS) is 1. The van der Waals surface area contributed by atoms with E-state index in [1.807, 2.05) is 40.7 Å². The van der Waals surface area contributed by atoms with Crippen molar-refractivity contribution in [2.75, 3.05) is 138 Å². The summed E-state index contributed by atoms with van der Waals surface area (Å²) in [6.45, 7) is 16.4. The van der Waals surface area contributed by atoms with Gasteiger partial charge in [0.1, 0.15) is 24.1 Å². The third-order valence-electron chi connectivity index (χ3n) is 12.7. The van der Waals surface area contributed by atoms with Crippen LogP contribution in [0.3, 0.4) is 0 Å². The van der Waals surface area contributed by atoms with E-state index in [0.717, 1.165) is 11.1 Å². The molecule has 1 saturated heterocycles. The standard InChI is InChI=1S/C55H81FN12O16/c1-54(2,3)41-33-42(39-8-10-40(56)11-9-39)63-68-36-44(61-51(41)68)53(76)67-16-15-65(38-55(67,4)5)52(75)45-35-66(64-62-45)37-48(71)58-13-6-7-46(69)59-14-18-78-20-22-80-24-26-82-28-30-84-32-31-83-29-27-81-25-23-79-21-19-77-17-12-47(70)60-43(50(57)74)34-49(72)73/h8-11,33,35-36,43H,6-7,12-32,34,37-38H2,1-5H3,(H2,57,74)(H,58,71)(H,59,69)(H,60,70)(H,72,73). The van der Waals surface area contributed by atoms with Crippen LogP contribution in [0, 0.1) is 5.82 Å². The molecule has 6 N–H and O–H groups in total. The highest BCUT2D eigenvalue weighted by molar-refractivity contribution is 5.95. The fraction of sp³-hybridized carbons (Fsp3) is 0.618. The van der Waals surface area contributed by atoms with Crippen LogP contribution in [0.1, 0.15) is 86.8 Å². The van der Waals surface area contributed by atoms with Crippen LogP contribution in [-0.4, -0.2) is 236 Å². The van der Waals surface area contributed by atoms with Crippen LogP contribution in [-0.2, 0) is 73.8 Å². The number of hydrogen-bond acceptors (Lipinski definition) is 19. The first-order chi connectivity index (χ1) is 40.2. The topological polar surface area (TPSA) is 343 Å². The number of piperazine rings is 1. The molecule has 0 spiro atoms. The number of fused-ring (bicyclic) bond motifs is 1. The Kier molecular flexibility index (Phi) is 28.4. The molecule has 28 nitrogen and oxygen atoms in total. The molecule has 6 amide bonds. The van der Waals surface area contributed by atoms with Crippen molar-refractivity contribution in [1.29, 1.82) is 0 Å². The summed E-state index contributed by atoms with van der Waals surface area (Å²) in [6.07, 6.45) is 2.96. The zero-order chi connectivity index (χ0) is 60.9. The number of halogens is 1. The van der Waals surface area contributed by atoms with Crippen LogP contribution in [0.4, 0.5) is 4.39 Å². The number of benzene rings is 1. The maximum atomic E-state index is 14.1. The van der Waals surface area contributed by atoms with Gasteiger partial charge in [0.25, 0.3) is 11.8 Å². The summed E-state index contributed by atoms with van der Waals surface area (Å²) < 4.78 is 60.1. The largest absolute Gasteiger partial charge is 0.481 e. The number of primary amides is 1. The van der Waals surface area contributed by atoms with E-state index < -0.39 is 35.8 Å². The summed E-state index contributed by atoms with van der Waals surface area (Å²) in [5.41, 5.74) is 6.96. The second-order valence-corrected chi connectivity index (χ2v) is 21.0. The third kappa shape index (κ3) is 23.9. The number of amides is 6. The predicted octanol–water partition coefficient (Wildman–Crippen LogP) is 0.782. The van der Waals surface area contributed by atoms with Gasteiger partial charge in [0.15, 0.2) is 11.3 Å². The number of nitrogens with zero attached hydrogens (tertiary/aromatic N) is 8. The Labute approximate surface area is 486 Å². The maximum Gasteiger partial charge on any atom is 0.305 e. The minimum atomic E-state index is -1.28. The number of rotatable bonds is 40. The number of carbonyl (C=O) groups excluding carboxylic acids is 6. The lowest BCUT2D eigenvalue weighted by Crippen LogP contribution is -2.62. The Morgan fingerprint density at radius 3 is 1.77 bits per heavy atom. The van der Waals surface area contributed by atoms with Gasteiger partial charge in [-0.3, -0.25) is 33.6 Å². The van der Waals surface area contributed by atoms with Crippen molar-refractivity contribution >= 4 is 47.1 Å². The molecule has 0 saturated carbocycles. The van der Waals surface area contributed by atoms with Gasteiger partial charge in [0.05, 0.1) is 136 Å². The van der Waals surface area contributed by atoms with Gasteiger partial charge in [-0.05, 0) is 56.0 Å². The normalized spacial score (nSPS) is 13.7. The molecule has 1 unspecified atom stereocenters. The van der Waals surface area contributed by atoms with Crippen LogP contribution in [0.15, 0.2) is 42.7 Å². The van der Waals surface area contributed by atoms with Crippen molar-refractivity contribution in [3.63, 3.8) is 0 Å². The SMILES string of the molecule is CC(C)(C)c1cc(-c2ccc(F)cc2)nn2cc(C(=O)N3CCN(C(=O)c4cn(CC(=O)NCCCC(=O)NCCOCCOCCOCCOCCOCCOCCOCCOCCC(=O)NC(CC(=O)O)C(N)=O)nn4)CC3(C)C)nc12. The quantitative estimate of drug-likeness (QED) is 0.0384. The molecule has 84 heavy (non-hydrogen) atoms. The lowest BCUT2D eigenvalue weighted by atomic mass is 9.87. The lowest BCUT2D eigenvalue weighted by molar-refractivity contribution is -0.140. The van der Waals surface area contributed by atoms with Crippen LogP contribution in [0.25, 0.3) is 16.9 Å². The van der Waals surface area contributed by atoms with Crippen LogP contribution < -0.4 is 21.7 Å². The van der Waals surface area contributed by atoms with E-state index in [1.165, 1.54) is 23.0 Å². The number of imidazole rings is 1. The van der Waals surface area contributed by atoms with E-state index in [0.29, 0.717) is 110 Å². The van der Waals surface area contributed by atoms with Crippen molar-refractivity contribution in [1.82, 2.24) is 55.3 Å².